The second-order valence-electron chi connectivity index (χ2n) is 7.58. The summed E-state index contributed by atoms with van der Waals surface area (Å²) in [6.07, 6.45) is 1.37. The van der Waals surface area contributed by atoms with Crippen LogP contribution in [0.1, 0.15) is 35.7 Å². The molecule has 2 heterocycles. The molecular weight excluding hydrogens is 585 g/mol. The van der Waals surface area contributed by atoms with Gasteiger partial charge in [-0.25, -0.2) is 19.4 Å². The number of nitro benzene ring substituents is 1. The summed E-state index contributed by atoms with van der Waals surface area (Å²) in [5.41, 5.74) is 0.904. The van der Waals surface area contributed by atoms with Crippen LogP contribution in [-0.4, -0.2) is 48.1 Å². The van der Waals surface area contributed by atoms with Gasteiger partial charge in [0.25, 0.3) is 5.69 Å². The lowest BCUT2D eigenvalue weighted by atomic mass is 9.79. The maximum atomic E-state index is 13.2. The number of benzene rings is 1. The molecule has 1 aromatic heterocycles. The molecule has 0 spiro atoms. The topological polar surface area (TPSA) is 147 Å². The lowest BCUT2D eigenvalue weighted by Crippen LogP contribution is -2.33. The quantitative estimate of drug-likeness (QED) is 0.0901. The van der Waals surface area contributed by atoms with Gasteiger partial charge < -0.3 is 19.5 Å². The summed E-state index contributed by atoms with van der Waals surface area (Å²) in [6.45, 7) is 2.70. The summed E-state index contributed by atoms with van der Waals surface area (Å²) in [6, 6.07) is 9.04. The molecule has 11 nitrogen and oxygen atoms in total. The molecule has 36 heavy (non-hydrogen) atoms. The molecule has 0 saturated carbocycles. The number of halogens is 1. The number of para-hydroxylation sites is 1. The minimum Gasteiger partial charge on any atom is -0.466 e. The fourth-order valence-corrected chi connectivity index (χ4v) is 4.10. The van der Waals surface area contributed by atoms with E-state index in [1.54, 1.807) is 32.0 Å². The van der Waals surface area contributed by atoms with Crippen LogP contribution in [-0.2, 0) is 23.8 Å². The highest BCUT2D eigenvalue weighted by Crippen LogP contribution is 2.42. The average Bonchev–Trinajstić information content (AvgIpc) is 2.85. The molecule has 1 aliphatic heterocycles. The SMILES string of the molecule is COC(=O)C1=C(C)NC(C)=C(C(=O)OCCOC(=O)c2ccc(I)nc2)C1c1ccccc1[N+](=O)[O-]. The fourth-order valence-electron chi connectivity index (χ4n) is 3.78. The predicted octanol–water partition coefficient (Wildman–Crippen LogP) is 3.40. The normalized spacial score (nSPS) is 15.2. The van der Waals surface area contributed by atoms with Crippen LogP contribution in [0.4, 0.5) is 5.69 Å². The lowest BCUT2D eigenvalue weighted by molar-refractivity contribution is -0.385. The van der Waals surface area contributed by atoms with E-state index in [2.05, 4.69) is 10.3 Å². The highest BCUT2D eigenvalue weighted by Gasteiger charge is 2.40. The van der Waals surface area contributed by atoms with Crippen molar-refractivity contribution in [1.29, 1.82) is 0 Å². The Hall–Kier alpha value is -3.81. The van der Waals surface area contributed by atoms with Gasteiger partial charge >= 0.3 is 17.9 Å². The number of rotatable bonds is 8. The monoisotopic (exact) mass is 607 g/mol. The summed E-state index contributed by atoms with van der Waals surface area (Å²) < 4.78 is 16.1. The van der Waals surface area contributed by atoms with Crippen molar-refractivity contribution in [2.45, 2.75) is 19.8 Å². The van der Waals surface area contributed by atoms with Gasteiger partial charge in [-0.2, -0.15) is 0 Å². The van der Waals surface area contributed by atoms with Gasteiger partial charge in [0.05, 0.1) is 34.7 Å². The molecule has 0 amide bonds. The van der Waals surface area contributed by atoms with Gasteiger partial charge in [-0.05, 0) is 48.6 Å². The number of allylic oxidation sites excluding steroid dienone is 2. The zero-order valence-electron chi connectivity index (χ0n) is 19.6. The summed E-state index contributed by atoms with van der Waals surface area (Å²) >= 11 is 2.01. The van der Waals surface area contributed by atoms with E-state index in [0.29, 0.717) is 15.1 Å². The van der Waals surface area contributed by atoms with E-state index in [0.717, 1.165) is 0 Å². The first-order valence-corrected chi connectivity index (χ1v) is 11.7. The maximum Gasteiger partial charge on any atom is 0.339 e. The number of hydrogen-bond donors (Lipinski definition) is 1. The summed E-state index contributed by atoms with van der Waals surface area (Å²) in [5.74, 6) is -3.33. The van der Waals surface area contributed by atoms with Crippen LogP contribution >= 0.6 is 22.6 Å². The van der Waals surface area contributed by atoms with Crippen LogP contribution < -0.4 is 5.32 Å². The molecule has 1 aromatic carbocycles. The molecule has 1 atom stereocenters. The second kappa shape index (κ2) is 11.7. The number of ether oxygens (including phenoxy) is 3. The minimum atomic E-state index is -1.12. The molecule has 1 aliphatic rings. The Morgan fingerprint density at radius 2 is 1.61 bits per heavy atom. The summed E-state index contributed by atoms with van der Waals surface area (Å²) in [7, 11) is 1.18. The Balaban J connectivity index is 1.84. The van der Waals surface area contributed by atoms with E-state index < -0.39 is 28.7 Å². The number of esters is 3. The number of dihydropyridines is 1. The van der Waals surface area contributed by atoms with Crippen molar-refractivity contribution < 1.29 is 33.5 Å². The van der Waals surface area contributed by atoms with Crippen molar-refractivity contribution >= 4 is 46.2 Å². The van der Waals surface area contributed by atoms with Crippen molar-refractivity contribution in [3.8, 4) is 0 Å². The highest BCUT2D eigenvalue weighted by atomic mass is 127. The van der Waals surface area contributed by atoms with E-state index in [9.17, 15) is 24.5 Å². The van der Waals surface area contributed by atoms with Gasteiger partial charge in [0.2, 0.25) is 0 Å². The van der Waals surface area contributed by atoms with Crippen LogP contribution in [0.2, 0.25) is 0 Å². The zero-order chi connectivity index (χ0) is 26.4. The molecule has 0 bridgehead atoms. The Kier molecular flexibility index (Phi) is 8.74. The number of pyridine rings is 1. The van der Waals surface area contributed by atoms with Gasteiger partial charge in [0.15, 0.2) is 0 Å². The molecule has 188 valence electrons. The smallest absolute Gasteiger partial charge is 0.339 e. The molecule has 0 aliphatic carbocycles. The van der Waals surface area contributed by atoms with Crippen molar-refractivity contribution in [2.75, 3.05) is 20.3 Å². The third-order valence-electron chi connectivity index (χ3n) is 5.34. The van der Waals surface area contributed by atoms with Crippen molar-refractivity contribution in [2.24, 2.45) is 0 Å². The Morgan fingerprint density at radius 1 is 1.00 bits per heavy atom. The molecule has 1 unspecified atom stereocenters. The van der Waals surface area contributed by atoms with Crippen molar-refractivity contribution in [1.82, 2.24) is 10.3 Å². The molecule has 2 aromatic rings. The molecule has 1 N–H and O–H groups in total. The van der Waals surface area contributed by atoms with Crippen LogP contribution in [0.3, 0.4) is 0 Å². The van der Waals surface area contributed by atoms with Gasteiger partial charge in [-0.3, -0.25) is 10.1 Å². The largest absolute Gasteiger partial charge is 0.466 e. The van der Waals surface area contributed by atoms with Crippen molar-refractivity contribution in [3.05, 3.63) is 90.1 Å². The number of nitro groups is 1. The first-order valence-electron chi connectivity index (χ1n) is 10.6. The summed E-state index contributed by atoms with van der Waals surface area (Å²) in [5, 5.41) is 14.7. The number of methoxy groups -OCH3 is 1. The van der Waals surface area contributed by atoms with E-state index in [4.69, 9.17) is 14.2 Å². The number of aromatic nitrogens is 1. The molecule has 0 fully saturated rings. The zero-order valence-corrected chi connectivity index (χ0v) is 21.7. The lowest BCUT2D eigenvalue weighted by Gasteiger charge is -2.30. The number of hydrogen-bond acceptors (Lipinski definition) is 10. The van der Waals surface area contributed by atoms with Gasteiger partial charge in [-0.1, -0.05) is 18.2 Å². The highest BCUT2D eigenvalue weighted by molar-refractivity contribution is 14.1. The van der Waals surface area contributed by atoms with Crippen LogP contribution in [0, 0.1) is 13.8 Å². The van der Waals surface area contributed by atoms with Crippen LogP contribution in [0.5, 0.6) is 0 Å². The van der Waals surface area contributed by atoms with Gasteiger partial charge in [0.1, 0.15) is 16.9 Å². The van der Waals surface area contributed by atoms with E-state index in [1.807, 2.05) is 22.6 Å². The number of carbonyl (C=O) groups is 3. The standard InChI is InChI=1S/C24H22IN3O8/c1-13-19(23(30)34-3)21(16-6-4-5-7-17(16)28(32)33)20(14(2)27-13)24(31)36-11-10-35-22(29)15-8-9-18(25)26-12-15/h4-9,12,21,27H,10-11H2,1-3H3. The second-order valence-corrected chi connectivity index (χ2v) is 8.69. The molecule has 3 rings (SSSR count). The van der Waals surface area contributed by atoms with Crippen molar-refractivity contribution in [3.63, 3.8) is 0 Å². The fraction of sp³-hybridized carbons (Fsp3) is 0.250. The van der Waals surface area contributed by atoms with Gasteiger partial charge in [-0.15, -0.1) is 0 Å². The average molecular weight is 607 g/mol. The van der Waals surface area contributed by atoms with Crippen LogP contribution in [0.25, 0.3) is 0 Å². The Bertz CT molecular complexity index is 1270. The third kappa shape index (κ3) is 5.87. The molecule has 12 heteroatoms. The van der Waals surface area contributed by atoms with E-state index in [-0.39, 0.29) is 41.2 Å². The summed E-state index contributed by atoms with van der Waals surface area (Å²) in [4.78, 5) is 53.1. The van der Waals surface area contributed by atoms with Gasteiger partial charge in [0, 0.05) is 29.2 Å². The maximum absolute atomic E-state index is 13.2. The first-order chi connectivity index (χ1) is 17.1. The Morgan fingerprint density at radius 3 is 2.19 bits per heavy atom. The Labute approximate surface area is 219 Å². The number of carbonyl (C=O) groups excluding carboxylic acids is 3. The first kappa shape index (κ1) is 26.8. The number of nitrogens with one attached hydrogen (secondary N) is 1. The molecular formula is C24H22IN3O8. The third-order valence-corrected chi connectivity index (χ3v) is 5.98. The van der Waals surface area contributed by atoms with E-state index >= 15 is 0 Å². The molecule has 0 saturated heterocycles. The number of nitrogens with zero attached hydrogens (tertiary/aromatic N) is 2. The predicted molar refractivity (Wildman–Crippen MR) is 135 cm³/mol. The van der Waals surface area contributed by atoms with E-state index in [1.165, 1.54) is 31.5 Å². The van der Waals surface area contributed by atoms with Crippen LogP contribution in [0.15, 0.2) is 65.1 Å². The minimum absolute atomic E-state index is 0.00320. The molecule has 0 radical (unpaired) electrons.